The van der Waals surface area contributed by atoms with Crippen LogP contribution in [0.4, 0.5) is 11.4 Å². The number of likely N-dealkylation sites (tertiary alicyclic amines) is 1. The molecule has 3 aromatic rings. The maximum atomic E-state index is 13.1. The number of carbonyl (C=O) groups excluding carboxylic acids is 1. The Morgan fingerprint density at radius 1 is 1.08 bits per heavy atom. The van der Waals surface area contributed by atoms with Gasteiger partial charge in [-0.1, -0.05) is 56.8 Å². The minimum Gasteiger partial charge on any atom is -0.491 e. The van der Waals surface area contributed by atoms with E-state index in [0.717, 1.165) is 36.2 Å². The van der Waals surface area contributed by atoms with Crippen LogP contribution in [0.5, 0.6) is 5.75 Å². The number of amides is 1. The average molecular weight is 528 g/mol. The van der Waals surface area contributed by atoms with Crippen LogP contribution in [0.15, 0.2) is 85.2 Å². The summed E-state index contributed by atoms with van der Waals surface area (Å²) in [6.07, 6.45) is 3.16. The van der Waals surface area contributed by atoms with Crippen LogP contribution in [-0.4, -0.2) is 41.1 Å². The number of ether oxygens (including phenoxy) is 1. The van der Waals surface area contributed by atoms with Gasteiger partial charge in [-0.2, -0.15) is 0 Å². The molecule has 1 fully saturated rings. The molecule has 1 saturated heterocycles. The van der Waals surface area contributed by atoms with Gasteiger partial charge in [-0.3, -0.25) is 4.79 Å². The zero-order chi connectivity index (χ0) is 27.8. The van der Waals surface area contributed by atoms with Crippen LogP contribution < -0.4 is 15.4 Å². The lowest BCUT2D eigenvalue weighted by Gasteiger charge is -2.25. The molecule has 0 saturated carbocycles. The third-order valence-corrected chi connectivity index (χ3v) is 7.22. The average Bonchev–Trinajstić information content (AvgIpc) is 3.42. The number of carboxylic acids is 1. The van der Waals surface area contributed by atoms with Crippen LogP contribution in [0.2, 0.25) is 0 Å². The second-order valence-corrected chi connectivity index (χ2v) is 10.0. The number of hydrogen-bond acceptors (Lipinski definition) is 5. The molecule has 1 aliphatic rings. The summed E-state index contributed by atoms with van der Waals surface area (Å²) >= 11 is 0. The summed E-state index contributed by atoms with van der Waals surface area (Å²) in [5.74, 6) is 0.698. The molecule has 3 N–H and O–H groups in total. The molecule has 0 aromatic heterocycles. The van der Waals surface area contributed by atoms with Gasteiger partial charge in [-0.25, -0.2) is 4.79 Å². The van der Waals surface area contributed by atoms with Crippen LogP contribution in [-0.2, 0) is 11.2 Å². The van der Waals surface area contributed by atoms with Gasteiger partial charge in [0.25, 0.3) is 0 Å². The molecule has 39 heavy (non-hydrogen) atoms. The third kappa shape index (κ3) is 7.41. The maximum absolute atomic E-state index is 13.1. The van der Waals surface area contributed by atoms with Crippen molar-refractivity contribution < 1.29 is 19.4 Å². The van der Waals surface area contributed by atoms with Crippen molar-refractivity contribution in [2.75, 3.05) is 23.8 Å². The van der Waals surface area contributed by atoms with Crippen LogP contribution in [0, 0.1) is 0 Å². The Kier molecular flexibility index (Phi) is 9.26. The van der Waals surface area contributed by atoms with Crippen molar-refractivity contribution >= 4 is 23.3 Å². The van der Waals surface area contributed by atoms with Crippen LogP contribution >= 0.6 is 0 Å². The monoisotopic (exact) mass is 527 g/mol. The Balaban J connectivity index is 1.29. The molecule has 4 rings (SSSR count). The predicted molar refractivity (Wildman–Crippen MR) is 155 cm³/mol. The number of carboxylic acid groups (broad SMARTS) is 1. The van der Waals surface area contributed by atoms with E-state index in [1.165, 1.54) is 17.7 Å². The molecule has 1 amide bonds. The second kappa shape index (κ2) is 13.0. The summed E-state index contributed by atoms with van der Waals surface area (Å²) in [7, 11) is 0. The first kappa shape index (κ1) is 27.8. The standard InChI is InChI=1S/C32H37N3O4/c1-4-22(2)29-12-5-6-13-30(29)34-23(3)33-26-16-14-24(15-17-26)19-31(36)35-18-8-10-27(35)21-39-28-11-7-9-25(20-28)32(37)38/h5-7,9,11-17,20,22,27,33-34H,3-4,8,10,18-19,21H2,1-2H3,(H,37,38). The van der Waals surface area contributed by atoms with Crippen molar-refractivity contribution in [3.8, 4) is 5.75 Å². The van der Waals surface area contributed by atoms with Gasteiger partial charge in [-0.05, 0) is 72.7 Å². The molecule has 3 aromatic carbocycles. The van der Waals surface area contributed by atoms with Gasteiger partial charge in [-0.15, -0.1) is 0 Å². The molecule has 7 heteroatoms. The molecule has 204 valence electrons. The van der Waals surface area contributed by atoms with Crippen LogP contribution in [0.1, 0.15) is 60.5 Å². The summed E-state index contributed by atoms with van der Waals surface area (Å²) in [4.78, 5) is 26.2. The first-order valence-electron chi connectivity index (χ1n) is 13.5. The molecule has 1 heterocycles. The lowest BCUT2D eigenvalue weighted by molar-refractivity contribution is -0.131. The van der Waals surface area contributed by atoms with E-state index < -0.39 is 5.97 Å². The fourth-order valence-corrected chi connectivity index (χ4v) is 4.86. The molecular formula is C32H37N3O4. The summed E-state index contributed by atoms with van der Waals surface area (Å²) in [6.45, 7) is 9.57. The highest BCUT2D eigenvalue weighted by atomic mass is 16.5. The van der Waals surface area contributed by atoms with Crippen molar-refractivity contribution in [2.24, 2.45) is 0 Å². The number of para-hydroxylation sites is 1. The molecular weight excluding hydrogens is 490 g/mol. The number of anilines is 2. The number of aromatic carboxylic acids is 1. The Bertz CT molecular complexity index is 1300. The molecule has 0 radical (unpaired) electrons. The summed E-state index contributed by atoms with van der Waals surface area (Å²) in [5.41, 5.74) is 4.31. The predicted octanol–water partition coefficient (Wildman–Crippen LogP) is 6.51. The van der Waals surface area contributed by atoms with Gasteiger partial charge < -0.3 is 25.4 Å². The van der Waals surface area contributed by atoms with Crippen molar-refractivity contribution in [2.45, 2.75) is 51.5 Å². The second-order valence-electron chi connectivity index (χ2n) is 10.0. The Hall–Kier alpha value is -4.26. The molecule has 2 atom stereocenters. The van der Waals surface area contributed by atoms with E-state index >= 15 is 0 Å². The fourth-order valence-electron chi connectivity index (χ4n) is 4.86. The molecule has 7 nitrogen and oxygen atoms in total. The highest BCUT2D eigenvalue weighted by molar-refractivity contribution is 5.88. The minimum absolute atomic E-state index is 0.0281. The van der Waals surface area contributed by atoms with Gasteiger partial charge in [0.2, 0.25) is 5.91 Å². The van der Waals surface area contributed by atoms with Crippen molar-refractivity contribution in [3.63, 3.8) is 0 Å². The normalized spacial score (nSPS) is 15.4. The quantitative estimate of drug-likeness (QED) is 0.249. The zero-order valence-electron chi connectivity index (χ0n) is 22.7. The van der Waals surface area contributed by atoms with E-state index in [-0.39, 0.29) is 17.5 Å². The van der Waals surface area contributed by atoms with Crippen molar-refractivity contribution in [3.05, 3.63) is 102 Å². The van der Waals surface area contributed by atoms with E-state index in [0.29, 0.717) is 37.1 Å². The van der Waals surface area contributed by atoms with Gasteiger partial charge in [0.1, 0.15) is 18.2 Å². The molecule has 0 spiro atoms. The van der Waals surface area contributed by atoms with Crippen molar-refractivity contribution in [1.82, 2.24) is 4.90 Å². The highest BCUT2D eigenvalue weighted by Crippen LogP contribution is 2.28. The van der Waals surface area contributed by atoms with E-state index in [4.69, 9.17) is 4.74 Å². The van der Waals surface area contributed by atoms with Gasteiger partial charge in [0.05, 0.1) is 18.0 Å². The van der Waals surface area contributed by atoms with Gasteiger partial charge in [0, 0.05) is 17.9 Å². The van der Waals surface area contributed by atoms with E-state index in [1.54, 1.807) is 12.1 Å². The lowest BCUT2D eigenvalue weighted by Crippen LogP contribution is -2.39. The van der Waals surface area contributed by atoms with Gasteiger partial charge >= 0.3 is 5.97 Å². The van der Waals surface area contributed by atoms with E-state index in [1.807, 2.05) is 35.2 Å². The first-order valence-corrected chi connectivity index (χ1v) is 13.5. The first-order chi connectivity index (χ1) is 18.8. The fraction of sp³-hybridized carbons (Fsp3) is 0.312. The lowest BCUT2D eigenvalue weighted by atomic mass is 9.97. The molecule has 1 aliphatic heterocycles. The van der Waals surface area contributed by atoms with Crippen LogP contribution in [0.25, 0.3) is 0 Å². The topological polar surface area (TPSA) is 90.9 Å². The van der Waals surface area contributed by atoms with Crippen LogP contribution in [0.3, 0.4) is 0 Å². The Morgan fingerprint density at radius 3 is 2.59 bits per heavy atom. The molecule has 2 unspecified atom stereocenters. The minimum atomic E-state index is -0.994. The Labute approximate surface area is 230 Å². The third-order valence-electron chi connectivity index (χ3n) is 7.22. The molecule has 0 aliphatic carbocycles. The van der Waals surface area contributed by atoms with Gasteiger partial charge in [0.15, 0.2) is 0 Å². The number of nitrogens with zero attached hydrogens (tertiary/aromatic N) is 1. The number of rotatable bonds is 12. The highest BCUT2D eigenvalue weighted by Gasteiger charge is 2.29. The van der Waals surface area contributed by atoms with E-state index in [2.05, 4.69) is 49.3 Å². The number of carbonyl (C=O) groups is 2. The number of benzene rings is 3. The Morgan fingerprint density at radius 2 is 1.85 bits per heavy atom. The maximum Gasteiger partial charge on any atom is 0.335 e. The largest absolute Gasteiger partial charge is 0.491 e. The molecule has 0 bridgehead atoms. The summed E-state index contributed by atoms with van der Waals surface area (Å²) in [5, 5.41) is 15.9. The summed E-state index contributed by atoms with van der Waals surface area (Å²) < 4.78 is 5.85. The zero-order valence-corrected chi connectivity index (χ0v) is 22.7. The number of nitrogens with one attached hydrogen (secondary N) is 2. The smallest absolute Gasteiger partial charge is 0.335 e. The van der Waals surface area contributed by atoms with E-state index in [9.17, 15) is 14.7 Å². The SMILES string of the molecule is C=C(Nc1ccc(CC(=O)N2CCCC2COc2cccc(C(=O)O)c2)cc1)Nc1ccccc1C(C)CC. The van der Waals surface area contributed by atoms with Crippen molar-refractivity contribution in [1.29, 1.82) is 0 Å². The number of hydrogen-bond donors (Lipinski definition) is 3. The summed E-state index contributed by atoms with van der Waals surface area (Å²) in [6, 6.07) is 22.5.